The van der Waals surface area contributed by atoms with Crippen molar-refractivity contribution in [1.82, 2.24) is 14.5 Å². The largest absolute Gasteiger partial charge is 0.325 e. The van der Waals surface area contributed by atoms with E-state index >= 15 is 0 Å². The number of nitrogens with zero attached hydrogens (tertiary/aromatic N) is 2. The van der Waals surface area contributed by atoms with Crippen LogP contribution in [0.15, 0.2) is 76.4 Å². The molecule has 0 saturated carbocycles. The van der Waals surface area contributed by atoms with Gasteiger partial charge in [-0.25, -0.2) is 13.5 Å². The predicted molar refractivity (Wildman–Crippen MR) is 112 cm³/mol. The van der Waals surface area contributed by atoms with Gasteiger partial charge in [0.2, 0.25) is 15.9 Å². The third kappa shape index (κ3) is 4.03. The number of H-pyrrole nitrogens is 1. The summed E-state index contributed by atoms with van der Waals surface area (Å²) >= 11 is 0. The molecule has 30 heavy (non-hydrogen) atoms. The molecule has 9 heteroatoms. The number of benzene rings is 2. The summed E-state index contributed by atoms with van der Waals surface area (Å²) in [4.78, 5) is 24.3. The van der Waals surface area contributed by atoms with Crippen LogP contribution in [0, 0.1) is 0 Å². The zero-order valence-electron chi connectivity index (χ0n) is 16.0. The van der Waals surface area contributed by atoms with Gasteiger partial charge in [-0.1, -0.05) is 30.3 Å². The first kappa shape index (κ1) is 20.0. The number of hydrogen-bond donors (Lipinski definition) is 2. The van der Waals surface area contributed by atoms with E-state index in [4.69, 9.17) is 0 Å². The molecule has 1 aromatic heterocycles. The summed E-state index contributed by atoms with van der Waals surface area (Å²) in [7, 11) is -3.75. The minimum Gasteiger partial charge on any atom is -0.325 e. The summed E-state index contributed by atoms with van der Waals surface area (Å²) in [6, 6.07) is 17.3. The normalized spacial score (nSPS) is 17.0. The first-order chi connectivity index (χ1) is 14.4. The Morgan fingerprint density at radius 1 is 1.07 bits per heavy atom. The van der Waals surface area contributed by atoms with Crippen LogP contribution >= 0.6 is 0 Å². The molecule has 1 amide bonds. The monoisotopic (exact) mass is 424 g/mol. The molecule has 2 N–H and O–H groups in total. The lowest BCUT2D eigenvalue weighted by atomic mass is 10.1. The molecule has 0 spiro atoms. The number of aromatic nitrogens is 2. The molecular formula is C21H20N4O4S. The van der Waals surface area contributed by atoms with Gasteiger partial charge in [-0.2, -0.15) is 9.40 Å². The number of rotatable bonds is 5. The Bertz CT molecular complexity index is 1200. The Labute approximate surface area is 173 Å². The zero-order valence-corrected chi connectivity index (χ0v) is 16.8. The number of anilines is 1. The maximum Gasteiger partial charge on any atom is 0.264 e. The molecule has 1 aliphatic rings. The van der Waals surface area contributed by atoms with Crippen molar-refractivity contribution >= 4 is 21.6 Å². The van der Waals surface area contributed by atoms with Gasteiger partial charge in [-0.3, -0.25) is 9.59 Å². The highest BCUT2D eigenvalue weighted by Gasteiger charge is 2.39. The maximum absolute atomic E-state index is 13.0. The summed E-state index contributed by atoms with van der Waals surface area (Å²) in [6.45, 7) is 0.302. The molecule has 0 bridgehead atoms. The SMILES string of the molecule is O=C(Nc1cccc(-c2ccc(=O)[nH]n2)c1)C1CCCN1S(=O)(=O)c1ccccc1. The fourth-order valence-corrected chi connectivity index (χ4v) is 5.18. The van der Waals surface area contributed by atoms with Crippen LogP contribution in [-0.4, -0.2) is 41.4 Å². The van der Waals surface area contributed by atoms with Crippen molar-refractivity contribution in [2.24, 2.45) is 0 Å². The van der Waals surface area contributed by atoms with Gasteiger partial charge in [0.25, 0.3) is 5.56 Å². The Kier molecular flexibility index (Phi) is 5.47. The van der Waals surface area contributed by atoms with E-state index in [1.807, 2.05) is 0 Å². The van der Waals surface area contributed by atoms with Crippen molar-refractivity contribution < 1.29 is 13.2 Å². The van der Waals surface area contributed by atoms with Crippen molar-refractivity contribution in [3.8, 4) is 11.3 Å². The van der Waals surface area contributed by atoms with E-state index in [-0.39, 0.29) is 16.4 Å². The molecule has 1 atom stereocenters. The highest BCUT2D eigenvalue weighted by molar-refractivity contribution is 7.89. The first-order valence-corrected chi connectivity index (χ1v) is 10.9. The third-order valence-corrected chi connectivity index (χ3v) is 6.88. The Morgan fingerprint density at radius 2 is 1.87 bits per heavy atom. The van der Waals surface area contributed by atoms with E-state index in [1.54, 1.807) is 48.5 Å². The second-order valence-corrected chi connectivity index (χ2v) is 8.85. The molecule has 1 fully saturated rings. The summed E-state index contributed by atoms with van der Waals surface area (Å²) < 4.78 is 27.2. The molecule has 8 nitrogen and oxygen atoms in total. The minimum atomic E-state index is -3.75. The molecule has 1 unspecified atom stereocenters. The van der Waals surface area contributed by atoms with Crippen LogP contribution in [0.1, 0.15) is 12.8 Å². The van der Waals surface area contributed by atoms with Gasteiger partial charge in [0, 0.05) is 23.9 Å². The fourth-order valence-electron chi connectivity index (χ4n) is 3.50. The zero-order chi connectivity index (χ0) is 21.1. The molecule has 1 saturated heterocycles. The molecular weight excluding hydrogens is 404 g/mol. The Balaban J connectivity index is 1.54. The number of amides is 1. The van der Waals surface area contributed by atoms with E-state index < -0.39 is 16.1 Å². The average Bonchev–Trinajstić information content (AvgIpc) is 3.26. The number of carbonyl (C=O) groups excluding carboxylic acids is 1. The second-order valence-electron chi connectivity index (χ2n) is 6.96. The first-order valence-electron chi connectivity index (χ1n) is 9.49. The van der Waals surface area contributed by atoms with E-state index in [0.717, 1.165) is 0 Å². The van der Waals surface area contributed by atoms with Crippen molar-refractivity contribution in [2.45, 2.75) is 23.8 Å². The quantitative estimate of drug-likeness (QED) is 0.652. The van der Waals surface area contributed by atoms with Crippen LogP contribution in [0.3, 0.4) is 0 Å². The van der Waals surface area contributed by atoms with E-state index in [2.05, 4.69) is 15.5 Å². The standard InChI is InChI=1S/C21H20N4O4S/c26-20-12-11-18(23-24-20)15-6-4-7-16(14-15)22-21(27)19-10-5-13-25(19)30(28,29)17-8-2-1-3-9-17/h1-4,6-9,11-12,14,19H,5,10,13H2,(H,22,27)(H,24,26). The highest BCUT2D eigenvalue weighted by Crippen LogP contribution is 2.27. The fraction of sp³-hybridized carbons (Fsp3) is 0.190. The highest BCUT2D eigenvalue weighted by atomic mass is 32.2. The number of carbonyl (C=O) groups is 1. The lowest BCUT2D eigenvalue weighted by Gasteiger charge is -2.23. The maximum atomic E-state index is 13.0. The van der Waals surface area contributed by atoms with Gasteiger partial charge in [0.05, 0.1) is 10.6 Å². The number of hydrogen-bond acceptors (Lipinski definition) is 5. The molecule has 0 radical (unpaired) electrons. The molecule has 4 rings (SSSR count). The lowest BCUT2D eigenvalue weighted by molar-refractivity contribution is -0.119. The van der Waals surface area contributed by atoms with Crippen LogP contribution in [-0.2, 0) is 14.8 Å². The summed E-state index contributed by atoms with van der Waals surface area (Å²) in [6.07, 6.45) is 1.07. The van der Waals surface area contributed by atoms with E-state index in [9.17, 15) is 18.0 Å². The Hall–Kier alpha value is -3.30. The van der Waals surface area contributed by atoms with E-state index in [1.165, 1.54) is 22.5 Å². The molecule has 154 valence electrons. The summed E-state index contributed by atoms with van der Waals surface area (Å²) in [5.74, 6) is -0.376. The Morgan fingerprint density at radius 3 is 2.60 bits per heavy atom. The number of sulfonamides is 1. The minimum absolute atomic E-state index is 0.177. The van der Waals surface area contributed by atoms with Gasteiger partial charge in [-0.15, -0.1) is 0 Å². The number of aromatic amines is 1. The van der Waals surface area contributed by atoms with Crippen molar-refractivity contribution in [1.29, 1.82) is 0 Å². The summed E-state index contributed by atoms with van der Waals surface area (Å²) in [5.41, 5.74) is 1.49. The van der Waals surface area contributed by atoms with Crippen LogP contribution in [0.2, 0.25) is 0 Å². The van der Waals surface area contributed by atoms with Crippen LogP contribution in [0.5, 0.6) is 0 Å². The topological polar surface area (TPSA) is 112 Å². The van der Waals surface area contributed by atoms with Crippen LogP contribution in [0.4, 0.5) is 5.69 Å². The van der Waals surface area contributed by atoms with Gasteiger partial charge in [0.1, 0.15) is 6.04 Å². The van der Waals surface area contributed by atoms with Gasteiger partial charge in [-0.05, 0) is 43.2 Å². The number of nitrogens with one attached hydrogen (secondary N) is 2. The molecule has 0 aliphatic carbocycles. The van der Waals surface area contributed by atoms with Crippen LogP contribution in [0.25, 0.3) is 11.3 Å². The van der Waals surface area contributed by atoms with Gasteiger partial charge >= 0.3 is 0 Å². The smallest absolute Gasteiger partial charge is 0.264 e. The van der Waals surface area contributed by atoms with Crippen molar-refractivity contribution in [3.05, 3.63) is 77.1 Å². The third-order valence-electron chi connectivity index (χ3n) is 4.96. The molecule has 2 heterocycles. The van der Waals surface area contributed by atoms with Gasteiger partial charge < -0.3 is 5.32 Å². The van der Waals surface area contributed by atoms with E-state index in [0.29, 0.717) is 36.3 Å². The molecule has 2 aromatic carbocycles. The summed E-state index contributed by atoms with van der Waals surface area (Å²) in [5, 5.41) is 9.18. The predicted octanol–water partition coefficient (Wildman–Crippen LogP) is 2.23. The average molecular weight is 424 g/mol. The lowest BCUT2D eigenvalue weighted by Crippen LogP contribution is -2.43. The molecule has 3 aromatic rings. The molecule has 1 aliphatic heterocycles. The van der Waals surface area contributed by atoms with Crippen LogP contribution < -0.4 is 10.9 Å². The second kappa shape index (κ2) is 8.21. The van der Waals surface area contributed by atoms with Crippen molar-refractivity contribution in [3.63, 3.8) is 0 Å². The van der Waals surface area contributed by atoms with Gasteiger partial charge in [0.15, 0.2) is 0 Å². The van der Waals surface area contributed by atoms with Crippen molar-refractivity contribution in [2.75, 3.05) is 11.9 Å².